The Hall–Kier alpha value is -2.66. The maximum absolute atomic E-state index is 13.1. The first-order valence-electron chi connectivity index (χ1n) is 8.64. The first-order valence-corrected chi connectivity index (χ1v) is 8.64. The number of aromatic nitrogens is 2. The number of benzene rings is 1. The summed E-state index contributed by atoms with van der Waals surface area (Å²) in [6.45, 7) is 4.57. The number of para-hydroxylation sites is 1. The van der Waals surface area contributed by atoms with E-state index >= 15 is 0 Å². The van der Waals surface area contributed by atoms with E-state index in [0.29, 0.717) is 25.3 Å². The Kier molecular flexibility index (Phi) is 4.24. The zero-order valence-electron chi connectivity index (χ0n) is 14.3. The molecule has 2 aromatic heterocycles. The smallest absolute Gasteiger partial charge is 0.255 e. The van der Waals surface area contributed by atoms with Crippen molar-refractivity contribution in [2.75, 3.05) is 13.2 Å². The summed E-state index contributed by atoms with van der Waals surface area (Å²) in [4.78, 5) is 19.4. The fourth-order valence-corrected chi connectivity index (χ4v) is 3.42. The van der Waals surface area contributed by atoms with E-state index in [2.05, 4.69) is 15.6 Å². The van der Waals surface area contributed by atoms with Crippen molar-refractivity contribution in [3.63, 3.8) is 0 Å². The van der Waals surface area contributed by atoms with Crippen LogP contribution in [0.2, 0.25) is 0 Å². The van der Waals surface area contributed by atoms with Crippen LogP contribution in [0.1, 0.15) is 23.0 Å². The molecular weight excluding hydrogens is 314 g/mol. The first-order chi connectivity index (χ1) is 12.2. The van der Waals surface area contributed by atoms with Gasteiger partial charge >= 0.3 is 0 Å². The summed E-state index contributed by atoms with van der Waals surface area (Å²) >= 11 is 0. The van der Waals surface area contributed by atoms with Gasteiger partial charge in [0.1, 0.15) is 0 Å². The average molecular weight is 335 g/mol. The van der Waals surface area contributed by atoms with Crippen LogP contribution in [-0.4, -0.2) is 39.6 Å². The highest BCUT2D eigenvalue weighted by atomic mass is 16.5. The van der Waals surface area contributed by atoms with Crippen molar-refractivity contribution >= 4 is 16.8 Å². The Morgan fingerprint density at radius 2 is 2.12 bits per heavy atom. The van der Waals surface area contributed by atoms with Crippen LogP contribution in [-0.2, 0) is 17.8 Å². The van der Waals surface area contributed by atoms with Crippen LogP contribution in [0.5, 0.6) is 0 Å². The van der Waals surface area contributed by atoms with E-state index in [1.807, 2.05) is 54.4 Å². The molecule has 3 heterocycles. The molecule has 25 heavy (non-hydrogen) atoms. The lowest BCUT2D eigenvalue weighted by molar-refractivity contribution is 0.0258. The van der Waals surface area contributed by atoms with Gasteiger partial charge in [-0.25, -0.2) is 0 Å². The molecule has 0 N–H and O–H groups in total. The van der Waals surface area contributed by atoms with Gasteiger partial charge in [0.05, 0.1) is 30.3 Å². The summed E-state index contributed by atoms with van der Waals surface area (Å²) in [7, 11) is 0. The van der Waals surface area contributed by atoms with Gasteiger partial charge in [0.15, 0.2) is 0 Å². The van der Waals surface area contributed by atoms with Gasteiger partial charge in [-0.15, -0.1) is 0 Å². The molecule has 0 saturated heterocycles. The van der Waals surface area contributed by atoms with Crippen LogP contribution in [0.15, 0.2) is 54.9 Å². The number of nitrogens with zero attached hydrogens (tertiary/aromatic N) is 3. The number of carbonyl (C=O) groups is 1. The van der Waals surface area contributed by atoms with Crippen LogP contribution < -0.4 is 0 Å². The molecule has 1 aliphatic rings. The van der Waals surface area contributed by atoms with Crippen LogP contribution in [0.4, 0.5) is 0 Å². The lowest BCUT2D eigenvalue weighted by Crippen LogP contribution is -2.37. The maximum Gasteiger partial charge on any atom is 0.255 e. The van der Waals surface area contributed by atoms with Gasteiger partial charge in [-0.1, -0.05) is 18.2 Å². The highest BCUT2D eigenvalue weighted by Gasteiger charge is 2.26. The van der Waals surface area contributed by atoms with Gasteiger partial charge in [-0.3, -0.25) is 9.78 Å². The molecular formula is C20H21N3O2. The van der Waals surface area contributed by atoms with Crippen molar-refractivity contribution in [1.29, 1.82) is 0 Å². The second-order valence-corrected chi connectivity index (χ2v) is 6.33. The molecule has 0 radical (unpaired) electrons. The average Bonchev–Trinajstić information content (AvgIpc) is 2.99. The molecule has 5 heteroatoms. The minimum absolute atomic E-state index is 0.00222. The number of hydrogen-bond donors (Lipinski definition) is 0. The molecule has 5 nitrogen and oxygen atoms in total. The molecule has 1 aromatic carbocycles. The zero-order chi connectivity index (χ0) is 17.2. The second-order valence-electron chi connectivity index (χ2n) is 6.33. The van der Waals surface area contributed by atoms with E-state index in [1.165, 1.54) is 0 Å². The highest BCUT2D eigenvalue weighted by Crippen LogP contribution is 2.19. The van der Waals surface area contributed by atoms with Crippen molar-refractivity contribution in [3.05, 3.63) is 66.1 Å². The van der Waals surface area contributed by atoms with Crippen molar-refractivity contribution in [3.8, 4) is 0 Å². The lowest BCUT2D eigenvalue weighted by Gasteiger charge is -2.24. The molecule has 128 valence electrons. The van der Waals surface area contributed by atoms with Gasteiger partial charge in [-0.2, -0.15) is 0 Å². The number of rotatable bonds is 3. The van der Waals surface area contributed by atoms with E-state index in [-0.39, 0.29) is 12.0 Å². The molecule has 0 aliphatic carbocycles. The minimum atomic E-state index is -0.00369. The number of ether oxygens (including phenoxy) is 1. The van der Waals surface area contributed by atoms with E-state index in [1.54, 1.807) is 6.20 Å². The SMILES string of the molecule is CCO[C@H]1CN(C(=O)c2cnc3ccccc3c2)Cc2cccn2C1. The summed E-state index contributed by atoms with van der Waals surface area (Å²) in [6.07, 6.45) is 3.72. The lowest BCUT2D eigenvalue weighted by atomic mass is 10.1. The van der Waals surface area contributed by atoms with Crippen molar-refractivity contribution in [2.24, 2.45) is 0 Å². The van der Waals surface area contributed by atoms with Gasteiger partial charge in [0, 0.05) is 36.6 Å². The largest absolute Gasteiger partial charge is 0.375 e. The second kappa shape index (κ2) is 6.69. The molecule has 1 aliphatic heterocycles. The Bertz CT molecular complexity index is 903. The summed E-state index contributed by atoms with van der Waals surface area (Å²) in [5.41, 5.74) is 2.65. The number of carbonyl (C=O) groups excluding carboxylic acids is 1. The minimum Gasteiger partial charge on any atom is -0.375 e. The quantitative estimate of drug-likeness (QED) is 0.739. The summed E-state index contributed by atoms with van der Waals surface area (Å²) in [5, 5.41) is 0.980. The van der Waals surface area contributed by atoms with E-state index in [9.17, 15) is 4.79 Å². The third-order valence-corrected chi connectivity index (χ3v) is 4.63. The monoisotopic (exact) mass is 335 g/mol. The van der Waals surface area contributed by atoms with Crippen LogP contribution in [0.3, 0.4) is 0 Å². The van der Waals surface area contributed by atoms with E-state index in [0.717, 1.165) is 23.1 Å². The fraction of sp³-hybridized carbons (Fsp3) is 0.300. The molecule has 0 unspecified atom stereocenters. The van der Waals surface area contributed by atoms with Crippen LogP contribution >= 0.6 is 0 Å². The summed E-state index contributed by atoms with van der Waals surface area (Å²) in [6, 6.07) is 13.8. The molecule has 0 fully saturated rings. The number of fused-ring (bicyclic) bond motifs is 2. The summed E-state index contributed by atoms with van der Waals surface area (Å²) < 4.78 is 8.02. The normalized spacial score (nSPS) is 17.3. The number of pyridine rings is 1. The molecule has 0 spiro atoms. The Morgan fingerprint density at radius 3 is 3.00 bits per heavy atom. The zero-order valence-corrected chi connectivity index (χ0v) is 14.3. The van der Waals surface area contributed by atoms with Crippen LogP contribution in [0, 0.1) is 0 Å². The number of hydrogen-bond acceptors (Lipinski definition) is 3. The molecule has 3 aromatic rings. The Balaban J connectivity index is 1.65. The third kappa shape index (κ3) is 3.15. The van der Waals surface area contributed by atoms with Gasteiger partial charge in [-0.05, 0) is 31.2 Å². The fourth-order valence-electron chi connectivity index (χ4n) is 3.42. The number of amides is 1. The topological polar surface area (TPSA) is 47.4 Å². The van der Waals surface area contributed by atoms with Gasteiger partial charge in [0.2, 0.25) is 0 Å². The summed E-state index contributed by atoms with van der Waals surface area (Å²) in [5.74, 6) is -0.00222. The molecule has 1 amide bonds. The molecule has 1 atom stereocenters. The Labute approximate surface area is 146 Å². The highest BCUT2D eigenvalue weighted by molar-refractivity contribution is 5.97. The first kappa shape index (κ1) is 15.8. The van der Waals surface area contributed by atoms with Crippen LogP contribution in [0.25, 0.3) is 10.9 Å². The van der Waals surface area contributed by atoms with Crippen molar-refractivity contribution in [2.45, 2.75) is 26.1 Å². The van der Waals surface area contributed by atoms with Gasteiger partial charge < -0.3 is 14.2 Å². The maximum atomic E-state index is 13.1. The molecule has 0 saturated carbocycles. The predicted octanol–water partition coefficient (Wildman–Crippen LogP) is 3.10. The van der Waals surface area contributed by atoms with Crippen molar-refractivity contribution < 1.29 is 9.53 Å². The van der Waals surface area contributed by atoms with Crippen molar-refractivity contribution in [1.82, 2.24) is 14.5 Å². The van der Waals surface area contributed by atoms with E-state index < -0.39 is 0 Å². The molecule has 4 rings (SSSR count). The standard InChI is InChI=1S/C20H21N3O2/c1-2-25-18-13-22-9-5-7-17(22)12-23(14-18)20(24)16-10-15-6-3-4-8-19(15)21-11-16/h3-11,18H,2,12-14H2,1H3/t18-/m1/s1. The Morgan fingerprint density at radius 1 is 1.24 bits per heavy atom. The van der Waals surface area contributed by atoms with E-state index in [4.69, 9.17) is 4.74 Å². The third-order valence-electron chi connectivity index (χ3n) is 4.63. The predicted molar refractivity (Wildman–Crippen MR) is 96.3 cm³/mol. The van der Waals surface area contributed by atoms with Gasteiger partial charge in [0.25, 0.3) is 5.91 Å². The molecule has 0 bridgehead atoms.